The predicted octanol–water partition coefficient (Wildman–Crippen LogP) is 6.86. The second-order valence-electron chi connectivity index (χ2n) is 13.6. The molecule has 3 aliphatic heterocycles. The van der Waals surface area contributed by atoms with Crippen LogP contribution < -0.4 is 9.88 Å². The Kier molecular flexibility index (Phi) is 9.37. The summed E-state index contributed by atoms with van der Waals surface area (Å²) in [6.45, 7) is 13.6. The number of fused-ring (bicyclic) bond motifs is 1. The van der Waals surface area contributed by atoms with Crippen molar-refractivity contribution in [3.05, 3.63) is 80.3 Å². The molecule has 8 nitrogen and oxygen atoms in total. The lowest BCUT2D eigenvalue weighted by atomic mass is 9.81. The zero-order valence-corrected chi connectivity index (χ0v) is 30.3. The number of piperazine rings is 1. The summed E-state index contributed by atoms with van der Waals surface area (Å²) < 4.78 is 2.30. The van der Waals surface area contributed by atoms with E-state index >= 15 is 0 Å². The van der Waals surface area contributed by atoms with Crippen molar-refractivity contribution < 1.29 is 19.0 Å². The van der Waals surface area contributed by atoms with E-state index in [1.807, 2.05) is 45.9 Å². The van der Waals surface area contributed by atoms with E-state index in [4.69, 9.17) is 23.2 Å². The van der Waals surface area contributed by atoms with Crippen LogP contribution in [-0.4, -0.2) is 70.2 Å². The van der Waals surface area contributed by atoms with Gasteiger partial charge in [0.05, 0.1) is 0 Å². The molecule has 0 saturated carbocycles. The van der Waals surface area contributed by atoms with Crippen LogP contribution in [0.15, 0.2) is 48.5 Å². The van der Waals surface area contributed by atoms with Crippen molar-refractivity contribution in [3.63, 3.8) is 0 Å². The molecular weight excluding hydrogens is 653 g/mol. The van der Waals surface area contributed by atoms with Crippen LogP contribution in [-0.2, 0) is 15.1 Å². The molecule has 2 saturated heterocycles. The molecule has 0 unspecified atom stereocenters. The van der Waals surface area contributed by atoms with Crippen LogP contribution in [0, 0.1) is 0 Å². The van der Waals surface area contributed by atoms with Gasteiger partial charge in [-0.2, -0.15) is 0 Å². The molecule has 5 atom stereocenters. The maximum Gasteiger partial charge on any atom is 0.336 e. The van der Waals surface area contributed by atoms with E-state index in [2.05, 4.69) is 61.8 Å². The molecule has 3 aromatic rings. The molecule has 47 heavy (non-hydrogen) atoms. The molecule has 1 aromatic heterocycles. The van der Waals surface area contributed by atoms with Gasteiger partial charge in [-0.25, -0.2) is 4.57 Å². The Bertz CT molecular complexity index is 1680. The van der Waals surface area contributed by atoms with E-state index in [1.165, 1.54) is 11.3 Å². The summed E-state index contributed by atoms with van der Waals surface area (Å²) in [5, 5.41) is 6.06. The Labute approximate surface area is 291 Å². The largest absolute Gasteiger partial charge is 0.337 e. The third-order valence-electron chi connectivity index (χ3n) is 10.3. The molecule has 0 bridgehead atoms. The fourth-order valence-corrected chi connectivity index (χ4v) is 9.58. The minimum atomic E-state index is -0.535. The zero-order chi connectivity index (χ0) is 33.8. The fraction of sp³-hybridized carbons (Fsp3) is 0.500. The molecule has 3 amide bonds. The van der Waals surface area contributed by atoms with E-state index in [0.29, 0.717) is 41.0 Å². The number of aromatic nitrogens is 1. The van der Waals surface area contributed by atoms with Gasteiger partial charge in [-0.1, -0.05) is 68.2 Å². The first kappa shape index (κ1) is 33.7. The summed E-state index contributed by atoms with van der Waals surface area (Å²) in [5.74, 6) is -0.0424. The molecule has 2 aromatic carbocycles. The Hall–Kier alpha value is -3.14. The van der Waals surface area contributed by atoms with Gasteiger partial charge in [-0.05, 0) is 68.7 Å². The van der Waals surface area contributed by atoms with Gasteiger partial charge >= 0.3 is 5.13 Å². The van der Waals surface area contributed by atoms with Gasteiger partial charge in [0.25, 0.3) is 5.91 Å². The van der Waals surface area contributed by atoms with E-state index in [1.54, 1.807) is 6.92 Å². The molecule has 0 aliphatic carbocycles. The van der Waals surface area contributed by atoms with Crippen LogP contribution in [0.5, 0.6) is 0 Å². The highest BCUT2D eigenvalue weighted by Crippen LogP contribution is 2.47. The van der Waals surface area contributed by atoms with Gasteiger partial charge in [0, 0.05) is 65.7 Å². The van der Waals surface area contributed by atoms with Gasteiger partial charge < -0.3 is 14.7 Å². The maximum absolute atomic E-state index is 14.8. The van der Waals surface area contributed by atoms with Gasteiger partial charge in [0.15, 0.2) is 11.6 Å². The normalized spacial score (nSPS) is 25.7. The number of benzene rings is 2. The Morgan fingerprint density at radius 1 is 1.02 bits per heavy atom. The number of hydrogen-bond acceptors (Lipinski definition) is 5. The predicted molar refractivity (Wildman–Crippen MR) is 187 cm³/mol. The lowest BCUT2D eigenvalue weighted by Gasteiger charge is -2.41. The second kappa shape index (κ2) is 13.1. The minimum Gasteiger partial charge on any atom is -0.337 e. The molecule has 1 N–H and O–H groups in total. The smallest absolute Gasteiger partial charge is 0.336 e. The first-order valence-electron chi connectivity index (χ1n) is 16.6. The fourth-order valence-electron chi connectivity index (χ4n) is 7.94. The number of hydrogen-bond donors (Lipinski definition) is 1. The highest BCUT2D eigenvalue weighted by molar-refractivity contribution is 7.17. The summed E-state index contributed by atoms with van der Waals surface area (Å²) in [7, 11) is 0. The standard InChI is InChI=1S/C36H43Cl2N5O3S/c1-7-28-16-17-29(33(45)40-18-19-41(23(5)44)22(4)20-40)42(28)34(46)31-30(21(2)3)43-32(24-8-12-26(37)13-9-24)36(6,39-35(43)47-31)25-10-14-27(38)15-11-25/h8-15,21-22,28-29,32H,7,16-20H2,1-6H3/p+1/t22-,28-,29+,32-,36+/m1/s1. The monoisotopic (exact) mass is 696 g/mol. The lowest BCUT2D eigenvalue weighted by Crippen LogP contribution is -2.58. The molecule has 11 heteroatoms. The first-order valence-corrected chi connectivity index (χ1v) is 18.2. The van der Waals surface area contributed by atoms with Crippen LogP contribution >= 0.6 is 34.5 Å². The highest BCUT2D eigenvalue weighted by Gasteiger charge is 2.56. The summed E-state index contributed by atoms with van der Waals surface area (Å²) >= 11 is 14.1. The van der Waals surface area contributed by atoms with Crippen molar-refractivity contribution in [1.82, 2.24) is 14.7 Å². The van der Waals surface area contributed by atoms with Crippen LogP contribution in [0.3, 0.4) is 0 Å². The minimum absolute atomic E-state index is 0.0142. The van der Waals surface area contributed by atoms with E-state index in [-0.39, 0.29) is 41.8 Å². The van der Waals surface area contributed by atoms with Crippen molar-refractivity contribution in [1.29, 1.82) is 0 Å². The average molecular weight is 698 g/mol. The maximum atomic E-state index is 14.8. The third kappa shape index (κ3) is 5.93. The quantitative estimate of drug-likeness (QED) is 0.286. The van der Waals surface area contributed by atoms with Crippen molar-refractivity contribution in [2.75, 3.05) is 25.0 Å². The molecule has 2 fully saturated rings. The number of likely N-dealkylation sites (tertiary alicyclic amines) is 1. The second-order valence-corrected chi connectivity index (χ2v) is 15.5. The molecule has 3 aliphatic rings. The summed E-state index contributed by atoms with van der Waals surface area (Å²) in [5.41, 5.74) is 2.57. The number of nitrogens with one attached hydrogen (secondary N) is 1. The SMILES string of the molecule is CC[C@@H]1CC[C@@H](C(=O)N2CCN(C(C)=O)[C@H](C)C2)N1C(=O)c1sc2[n+](c1C(C)C)[C@H](c1ccc(Cl)cc1)[C@](C)(c1ccc(Cl)cc1)N2. The first-order chi connectivity index (χ1) is 22.3. The Morgan fingerprint density at radius 2 is 1.66 bits per heavy atom. The van der Waals surface area contributed by atoms with E-state index in [9.17, 15) is 14.4 Å². The van der Waals surface area contributed by atoms with Crippen molar-refractivity contribution in [3.8, 4) is 0 Å². The summed E-state index contributed by atoms with van der Waals surface area (Å²) in [4.78, 5) is 47.3. The van der Waals surface area contributed by atoms with Crippen molar-refractivity contribution in [2.24, 2.45) is 0 Å². The number of carbonyl (C=O) groups is 3. The molecule has 0 radical (unpaired) electrons. The van der Waals surface area contributed by atoms with E-state index in [0.717, 1.165) is 34.8 Å². The molecular formula is C36H44Cl2N5O3S+. The molecule has 0 spiro atoms. The number of thiazole rings is 1. The topological polar surface area (TPSA) is 76.8 Å². The zero-order valence-electron chi connectivity index (χ0n) is 27.9. The molecule has 6 rings (SSSR count). The van der Waals surface area contributed by atoms with Gasteiger partial charge in [0.2, 0.25) is 11.8 Å². The van der Waals surface area contributed by atoms with Gasteiger partial charge in [-0.3, -0.25) is 19.7 Å². The van der Waals surface area contributed by atoms with Crippen LogP contribution in [0.1, 0.15) is 99.3 Å². The number of carbonyl (C=O) groups excluding carboxylic acids is 3. The van der Waals surface area contributed by atoms with Crippen LogP contribution in [0.2, 0.25) is 10.0 Å². The number of nitrogens with zero attached hydrogens (tertiary/aromatic N) is 4. The number of anilines is 1. The van der Waals surface area contributed by atoms with Gasteiger partial charge in [0.1, 0.15) is 16.6 Å². The molecule has 4 heterocycles. The number of halogens is 2. The van der Waals surface area contributed by atoms with Gasteiger partial charge in [-0.15, -0.1) is 0 Å². The third-order valence-corrected chi connectivity index (χ3v) is 11.9. The number of rotatable bonds is 6. The average Bonchev–Trinajstić information content (AvgIpc) is 3.71. The van der Waals surface area contributed by atoms with Crippen molar-refractivity contribution >= 4 is 57.4 Å². The summed E-state index contributed by atoms with van der Waals surface area (Å²) in [6.07, 6.45) is 2.20. The molecule has 250 valence electrons. The Morgan fingerprint density at radius 3 is 2.23 bits per heavy atom. The van der Waals surface area contributed by atoms with Crippen LogP contribution in [0.25, 0.3) is 0 Å². The lowest BCUT2D eigenvalue weighted by molar-refractivity contribution is -0.700. The van der Waals surface area contributed by atoms with Crippen molar-refractivity contribution in [2.45, 2.75) is 96.4 Å². The Balaban J connectivity index is 1.40. The highest BCUT2D eigenvalue weighted by atomic mass is 35.5. The summed E-state index contributed by atoms with van der Waals surface area (Å²) in [6, 6.07) is 15.1. The van der Waals surface area contributed by atoms with E-state index < -0.39 is 11.6 Å². The number of amides is 3. The van der Waals surface area contributed by atoms with Crippen LogP contribution in [0.4, 0.5) is 5.13 Å².